The summed E-state index contributed by atoms with van der Waals surface area (Å²) in [6, 6.07) is 3.34. The van der Waals surface area contributed by atoms with Gasteiger partial charge in [-0.15, -0.1) is 0 Å². The molecule has 5 nitrogen and oxygen atoms in total. The van der Waals surface area contributed by atoms with Crippen LogP contribution in [0.25, 0.3) is 0 Å². The first-order valence-corrected chi connectivity index (χ1v) is 8.03. The summed E-state index contributed by atoms with van der Waals surface area (Å²) in [5.74, 6) is 0. The summed E-state index contributed by atoms with van der Waals surface area (Å²) in [5, 5.41) is 9.28. The smallest absolute Gasteiger partial charge is 0.243 e. The topological polar surface area (TPSA) is 66.8 Å². The fourth-order valence-electron chi connectivity index (χ4n) is 1.95. The number of ether oxygens (including phenoxy) is 1. The van der Waals surface area contributed by atoms with Crippen LogP contribution in [0, 0.1) is 13.8 Å². The van der Waals surface area contributed by atoms with Crippen LogP contribution < -0.4 is 0 Å². The van der Waals surface area contributed by atoms with Gasteiger partial charge in [0.2, 0.25) is 10.0 Å². The molecule has 20 heavy (non-hydrogen) atoms. The van der Waals surface area contributed by atoms with Gasteiger partial charge in [0.15, 0.2) is 0 Å². The lowest BCUT2D eigenvalue weighted by molar-refractivity contribution is 0.138. The molecule has 0 radical (unpaired) electrons. The molecule has 0 bridgehead atoms. The number of benzene rings is 1. The zero-order chi connectivity index (χ0) is 15.3. The molecule has 6 heteroatoms. The molecule has 1 N–H and O–H groups in total. The molecule has 1 rings (SSSR count). The van der Waals surface area contributed by atoms with E-state index in [1.807, 2.05) is 13.8 Å². The van der Waals surface area contributed by atoms with Crippen molar-refractivity contribution in [2.24, 2.45) is 0 Å². The van der Waals surface area contributed by atoms with Gasteiger partial charge in [-0.3, -0.25) is 0 Å². The Hall–Kier alpha value is -0.950. The largest absolute Gasteiger partial charge is 0.392 e. The van der Waals surface area contributed by atoms with E-state index in [2.05, 4.69) is 0 Å². The average molecular weight is 301 g/mol. The highest BCUT2D eigenvalue weighted by Gasteiger charge is 2.23. The molecule has 1 aromatic rings. The molecule has 0 saturated carbocycles. The molecule has 0 fully saturated rings. The van der Waals surface area contributed by atoms with Gasteiger partial charge in [0.05, 0.1) is 18.1 Å². The lowest BCUT2D eigenvalue weighted by atomic mass is 10.1. The van der Waals surface area contributed by atoms with Crippen LogP contribution >= 0.6 is 0 Å². The highest BCUT2D eigenvalue weighted by atomic mass is 32.2. The Morgan fingerprint density at radius 3 is 2.45 bits per heavy atom. The summed E-state index contributed by atoms with van der Waals surface area (Å²) in [6.45, 7) is 6.54. The van der Waals surface area contributed by atoms with Crippen molar-refractivity contribution < 1.29 is 18.3 Å². The predicted octanol–water partition coefficient (Wildman–Crippen LogP) is 1.45. The second-order valence-corrected chi connectivity index (χ2v) is 6.74. The van der Waals surface area contributed by atoms with Crippen molar-refractivity contribution >= 4 is 10.0 Å². The maximum atomic E-state index is 12.5. The molecule has 0 aliphatic rings. The van der Waals surface area contributed by atoms with Crippen molar-refractivity contribution in [1.82, 2.24) is 4.31 Å². The molecule has 0 atom stereocenters. The number of sulfonamides is 1. The highest BCUT2D eigenvalue weighted by molar-refractivity contribution is 7.89. The number of likely N-dealkylation sites (N-methyl/N-ethyl adjacent to an activating group) is 1. The fourth-order valence-corrected chi connectivity index (χ4v) is 3.36. The molecular weight excluding hydrogens is 278 g/mol. The van der Waals surface area contributed by atoms with Crippen LogP contribution in [-0.2, 0) is 21.4 Å². The molecule has 0 aliphatic heterocycles. The zero-order valence-corrected chi connectivity index (χ0v) is 13.3. The molecule has 1 aromatic carbocycles. The Bertz CT molecular complexity index is 555. The van der Waals surface area contributed by atoms with Crippen LogP contribution in [0.15, 0.2) is 17.0 Å². The summed E-state index contributed by atoms with van der Waals surface area (Å²) in [6.07, 6.45) is 0. The van der Waals surface area contributed by atoms with Crippen LogP contribution in [0.5, 0.6) is 0 Å². The second kappa shape index (κ2) is 7.17. The number of aliphatic hydroxyl groups is 1. The molecule has 0 unspecified atom stereocenters. The van der Waals surface area contributed by atoms with E-state index in [9.17, 15) is 13.5 Å². The highest BCUT2D eigenvalue weighted by Crippen LogP contribution is 2.23. The first-order chi connectivity index (χ1) is 9.34. The average Bonchev–Trinajstić information content (AvgIpc) is 2.38. The summed E-state index contributed by atoms with van der Waals surface area (Å²) in [5.41, 5.74) is 2.20. The maximum absolute atomic E-state index is 12.5. The van der Waals surface area contributed by atoms with Crippen LogP contribution in [0.2, 0.25) is 0 Å². The van der Waals surface area contributed by atoms with Crippen LogP contribution in [0.1, 0.15) is 23.6 Å². The van der Waals surface area contributed by atoms with Crippen molar-refractivity contribution in [2.75, 3.05) is 26.8 Å². The van der Waals surface area contributed by atoms with Crippen LogP contribution in [0.4, 0.5) is 0 Å². The number of hydrogen-bond donors (Lipinski definition) is 1. The Labute approximate surface area is 121 Å². The minimum Gasteiger partial charge on any atom is -0.392 e. The van der Waals surface area contributed by atoms with Gasteiger partial charge in [-0.1, -0.05) is 6.07 Å². The normalized spacial score (nSPS) is 12.1. The minimum atomic E-state index is -3.56. The van der Waals surface area contributed by atoms with Crippen LogP contribution in [-0.4, -0.2) is 44.6 Å². The van der Waals surface area contributed by atoms with Crippen LogP contribution in [0.3, 0.4) is 0 Å². The van der Waals surface area contributed by atoms with E-state index >= 15 is 0 Å². The van der Waals surface area contributed by atoms with E-state index in [1.165, 1.54) is 11.4 Å². The van der Waals surface area contributed by atoms with Gasteiger partial charge < -0.3 is 9.84 Å². The van der Waals surface area contributed by atoms with Crippen molar-refractivity contribution in [3.05, 3.63) is 28.8 Å². The van der Waals surface area contributed by atoms with E-state index in [0.717, 1.165) is 5.56 Å². The van der Waals surface area contributed by atoms with Crippen molar-refractivity contribution in [2.45, 2.75) is 32.3 Å². The summed E-state index contributed by atoms with van der Waals surface area (Å²) in [4.78, 5) is 0.242. The minimum absolute atomic E-state index is 0.169. The van der Waals surface area contributed by atoms with E-state index in [4.69, 9.17) is 4.74 Å². The van der Waals surface area contributed by atoms with Gasteiger partial charge in [0.1, 0.15) is 0 Å². The van der Waals surface area contributed by atoms with Crippen molar-refractivity contribution in [1.29, 1.82) is 0 Å². The maximum Gasteiger partial charge on any atom is 0.243 e. The molecule has 0 spiro atoms. The Morgan fingerprint density at radius 1 is 1.25 bits per heavy atom. The lowest BCUT2D eigenvalue weighted by Gasteiger charge is -2.19. The molecule has 114 valence electrons. The third-order valence-corrected chi connectivity index (χ3v) is 5.25. The third-order valence-electron chi connectivity index (χ3n) is 3.25. The van der Waals surface area contributed by atoms with E-state index in [1.54, 1.807) is 19.1 Å². The summed E-state index contributed by atoms with van der Waals surface area (Å²) >= 11 is 0. The van der Waals surface area contributed by atoms with Gasteiger partial charge in [-0.2, -0.15) is 4.31 Å². The van der Waals surface area contributed by atoms with Crippen molar-refractivity contribution in [3.63, 3.8) is 0 Å². The number of rotatable bonds is 7. The van der Waals surface area contributed by atoms with Gasteiger partial charge in [-0.25, -0.2) is 8.42 Å². The van der Waals surface area contributed by atoms with Crippen molar-refractivity contribution in [3.8, 4) is 0 Å². The first-order valence-electron chi connectivity index (χ1n) is 6.59. The van der Waals surface area contributed by atoms with E-state index < -0.39 is 10.0 Å². The summed E-state index contributed by atoms with van der Waals surface area (Å²) in [7, 11) is -2.02. The molecule has 0 aromatic heterocycles. The van der Waals surface area contributed by atoms with Gasteiger partial charge in [0.25, 0.3) is 0 Å². The van der Waals surface area contributed by atoms with E-state index in [-0.39, 0.29) is 11.5 Å². The Morgan fingerprint density at radius 2 is 1.90 bits per heavy atom. The Balaban J connectivity index is 3.08. The SMILES string of the molecule is CCOCCN(C)S(=O)(=O)c1cc(CO)c(C)cc1C. The fraction of sp³-hybridized carbons (Fsp3) is 0.571. The monoisotopic (exact) mass is 301 g/mol. The molecule has 0 aliphatic carbocycles. The summed E-state index contributed by atoms with van der Waals surface area (Å²) < 4.78 is 31.5. The number of nitrogens with zero attached hydrogens (tertiary/aromatic N) is 1. The Kier molecular flexibility index (Phi) is 6.13. The standard InChI is InChI=1S/C14H23NO4S/c1-5-19-7-6-15(4)20(17,18)14-9-13(10-16)11(2)8-12(14)3/h8-9,16H,5-7,10H2,1-4H3. The quantitative estimate of drug-likeness (QED) is 0.774. The molecule has 0 amide bonds. The molecule has 0 heterocycles. The van der Waals surface area contributed by atoms with Gasteiger partial charge in [0, 0.05) is 20.2 Å². The van der Waals surface area contributed by atoms with E-state index in [0.29, 0.717) is 30.9 Å². The molecule has 0 saturated heterocycles. The van der Waals surface area contributed by atoms with Gasteiger partial charge in [-0.05, 0) is 43.5 Å². The second-order valence-electron chi connectivity index (χ2n) is 4.73. The number of aliphatic hydroxyl groups excluding tert-OH is 1. The molecular formula is C14H23NO4S. The zero-order valence-electron chi connectivity index (χ0n) is 12.5. The number of aryl methyl sites for hydroxylation is 2. The lowest BCUT2D eigenvalue weighted by Crippen LogP contribution is -2.31. The number of hydrogen-bond acceptors (Lipinski definition) is 4. The van der Waals surface area contributed by atoms with Gasteiger partial charge >= 0.3 is 0 Å². The first kappa shape index (κ1) is 17.1. The predicted molar refractivity (Wildman–Crippen MR) is 78.1 cm³/mol. The third kappa shape index (κ3) is 3.79.